The zero-order valence-corrected chi connectivity index (χ0v) is 21.0. The van der Waals surface area contributed by atoms with Crippen LogP contribution in [-0.2, 0) is 11.3 Å². The molecule has 1 atom stereocenters. The lowest BCUT2D eigenvalue weighted by molar-refractivity contribution is -0.122. The highest BCUT2D eigenvalue weighted by Crippen LogP contribution is 2.35. The molecule has 3 aromatic carbocycles. The van der Waals surface area contributed by atoms with Crippen LogP contribution in [0, 0.1) is 11.7 Å². The molecule has 5 rings (SSSR count). The van der Waals surface area contributed by atoms with Gasteiger partial charge < -0.3 is 15.0 Å². The van der Waals surface area contributed by atoms with Crippen molar-refractivity contribution in [3.8, 4) is 5.75 Å². The zero-order chi connectivity index (χ0) is 25.8. The molecule has 37 heavy (non-hydrogen) atoms. The standard InChI is InChI=1S/C31H31FN2O3/c1-37-30-15-12-23(22-10-6-3-7-11-22)16-26(30)29(35)17-24-19-33-27-14-13-25(32)18-28(27)34(31(24)36)20-21-8-4-2-5-9-21/h2,4-5,8-10,12-16,18,24,33H,3,6-7,11,17,19-20H2,1H3/t24-/m0/s1. The number of carbonyl (C=O) groups is 2. The van der Waals surface area contributed by atoms with Gasteiger partial charge in [-0.25, -0.2) is 4.39 Å². The summed E-state index contributed by atoms with van der Waals surface area (Å²) in [7, 11) is 1.55. The van der Waals surface area contributed by atoms with Crippen LogP contribution in [-0.4, -0.2) is 25.3 Å². The number of anilines is 2. The fourth-order valence-corrected chi connectivity index (χ4v) is 5.19. The highest BCUT2D eigenvalue weighted by molar-refractivity contribution is 6.05. The smallest absolute Gasteiger partial charge is 0.232 e. The molecule has 6 heteroatoms. The number of nitrogens with one attached hydrogen (secondary N) is 1. The van der Waals surface area contributed by atoms with E-state index in [2.05, 4.69) is 11.4 Å². The second kappa shape index (κ2) is 11.0. The van der Waals surface area contributed by atoms with Crippen molar-refractivity contribution < 1.29 is 18.7 Å². The Morgan fingerprint density at radius 3 is 2.68 bits per heavy atom. The van der Waals surface area contributed by atoms with Crippen LogP contribution < -0.4 is 15.0 Å². The van der Waals surface area contributed by atoms with Crippen molar-refractivity contribution in [1.29, 1.82) is 0 Å². The van der Waals surface area contributed by atoms with Crippen molar-refractivity contribution in [2.45, 2.75) is 38.6 Å². The first kappa shape index (κ1) is 24.8. The number of fused-ring (bicyclic) bond motifs is 1. The number of allylic oxidation sites excluding steroid dienone is 2. The van der Waals surface area contributed by atoms with Crippen LogP contribution in [0.15, 0.2) is 72.8 Å². The topological polar surface area (TPSA) is 58.6 Å². The summed E-state index contributed by atoms with van der Waals surface area (Å²) in [6.45, 7) is 0.567. The minimum atomic E-state index is -0.617. The zero-order valence-electron chi connectivity index (χ0n) is 21.0. The number of hydrogen-bond acceptors (Lipinski definition) is 4. The van der Waals surface area contributed by atoms with E-state index in [-0.39, 0.29) is 31.2 Å². The molecule has 0 fully saturated rings. The van der Waals surface area contributed by atoms with Gasteiger partial charge in [-0.15, -0.1) is 0 Å². The lowest BCUT2D eigenvalue weighted by Gasteiger charge is -2.25. The number of methoxy groups -OCH3 is 1. The number of rotatable bonds is 7. The Morgan fingerprint density at radius 1 is 1.08 bits per heavy atom. The van der Waals surface area contributed by atoms with E-state index < -0.39 is 11.7 Å². The van der Waals surface area contributed by atoms with E-state index in [0.717, 1.165) is 30.4 Å². The van der Waals surface area contributed by atoms with Gasteiger partial charge >= 0.3 is 0 Å². The predicted molar refractivity (Wildman–Crippen MR) is 144 cm³/mol. The SMILES string of the molecule is COc1ccc(C2=CCCCC2)cc1C(=O)C[C@H]1CNc2ccc(F)cc2N(Cc2ccccc2)C1=O. The summed E-state index contributed by atoms with van der Waals surface area (Å²) in [5, 5.41) is 3.28. The molecule has 1 amide bonds. The highest BCUT2D eigenvalue weighted by Gasteiger charge is 2.33. The Bertz CT molecular complexity index is 1340. The number of Topliss-reactive ketones (excluding diaryl/α,β-unsaturated/α-hetero) is 1. The Balaban J connectivity index is 1.44. The third-order valence-electron chi connectivity index (χ3n) is 7.18. The lowest BCUT2D eigenvalue weighted by atomic mass is 9.90. The van der Waals surface area contributed by atoms with E-state index in [1.165, 1.54) is 24.1 Å². The summed E-state index contributed by atoms with van der Waals surface area (Å²) in [5.74, 6) is -0.884. The van der Waals surface area contributed by atoms with Crippen LogP contribution >= 0.6 is 0 Å². The minimum absolute atomic E-state index is 0.0203. The molecular weight excluding hydrogens is 467 g/mol. The summed E-state index contributed by atoms with van der Waals surface area (Å²) in [5.41, 5.74) is 4.84. The second-order valence-corrected chi connectivity index (χ2v) is 9.67. The van der Waals surface area contributed by atoms with E-state index in [1.54, 1.807) is 18.1 Å². The molecule has 0 saturated carbocycles. The maximum absolute atomic E-state index is 14.2. The third kappa shape index (κ3) is 5.43. The van der Waals surface area contributed by atoms with Crippen LogP contribution in [0.2, 0.25) is 0 Å². The number of halogens is 1. The molecular formula is C31H31FN2O3. The van der Waals surface area contributed by atoms with E-state index in [0.29, 0.717) is 22.7 Å². The third-order valence-corrected chi connectivity index (χ3v) is 7.18. The summed E-state index contributed by atoms with van der Waals surface area (Å²) >= 11 is 0. The Kier molecular flexibility index (Phi) is 7.35. The van der Waals surface area contributed by atoms with Gasteiger partial charge in [0, 0.05) is 13.0 Å². The van der Waals surface area contributed by atoms with Gasteiger partial charge in [-0.3, -0.25) is 9.59 Å². The van der Waals surface area contributed by atoms with E-state index in [1.807, 2.05) is 48.5 Å². The van der Waals surface area contributed by atoms with Gasteiger partial charge in [-0.2, -0.15) is 0 Å². The van der Waals surface area contributed by atoms with E-state index >= 15 is 0 Å². The number of benzene rings is 3. The Morgan fingerprint density at radius 2 is 1.92 bits per heavy atom. The highest BCUT2D eigenvalue weighted by atomic mass is 19.1. The molecule has 190 valence electrons. The molecule has 0 aromatic heterocycles. The van der Waals surface area contributed by atoms with Crippen LogP contribution in [0.3, 0.4) is 0 Å². The first-order chi connectivity index (χ1) is 18.0. The summed E-state index contributed by atoms with van der Waals surface area (Å²) in [6, 6.07) is 19.7. The molecule has 2 aliphatic rings. The second-order valence-electron chi connectivity index (χ2n) is 9.67. The van der Waals surface area contributed by atoms with Gasteiger partial charge in [0.05, 0.1) is 36.5 Å². The lowest BCUT2D eigenvalue weighted by Crippen LogP contribution is -2.37. The molecule has 0 saturated heterocycles. The van der Waals surface area contributed by atoms with Gasteiger partial charge in [0.15, 0.2) is 5.78 Å². The molecule has 5 nitrogen and oxygen atoms in total. The number of carbonyl (C=O) groups excluding carboxylic acids is 2. The average molecular weight is 499 g/mol. The van der Waals surface area contributed by atoms with Crippen molar-refractivity contribution in [3.05, 3.63) is 95.3 Å². The predicted octanol–water partition coefficient (Wildman–Crippen LogP) is 6.64. The number of ether oxygens (including phenoxy) is 1. The average Bonchev–Trinajstić information content (AvgIpc) is 3.06. The van der Waals surface area contributed by atoms with Gasteiger partial charge in [0.25, 0.3) is 0 Å². The minimum Gasteiger partial charge on any atom is -0.496 e. The van der Waals surface area contributed by atoms with Gasteiger partial charge in [0.1, 0.15) is 11.6 Å². The monoisotopic (exact) mass is 498 g/mol. The fraction of sp³-hybridized carbons (Fsp3) is 0.290. The van der Waals surface area contributed by atoms with E-state index in [9.17, 15) is 14.0 Å². The van der Waals surface area contributed by atoms with Crippen molar-refractivity contribution in [3.63, 3.8) is 0 Å². The van der Waals surface area contributed by atoms with Crippen molar-refractivity contribution in [2.75, 3.05) is 23.9 Å². The number of nitrogens with zero attached hydrogens (tertiary/aromatic N) is 1. The molecule has 1 heterocycles. The molecule has 0 radical (unpaired) electrons. The largest absolute Gasteiger partial charge is 0.496 e. The maximum Gasteiger partial charge on any atom is 0.232 e. The number of ketones is 1. The first-order valence-corrected chi connectivity index (χ1v) is 12.8. The van der Waals surface area contributed by atoms with Crippen LogP contribution in [0.4, 0.5) is 15.8 Å². The molecule has 1 aliphatic carbocycles. The quantitative estimate of drug-likeness (QED) is 0.371. The van der Waals surface area contributed by atoms with Gasteiger partial charge in [0.2, 0.25) is 5.91 Å². The number of amides is 1. The van der Waals surface area contributed by atoms with Crippen molar-refractivity contribution in [2.24, 2.45) is 5.92 Å². The fourth-order valence-electron chi connectivity index (χ4n) is 5.19. The van der Waals surface area contributed by atoms with Crippen molar-refractivity contribution in [1.82, 2.24) is 0 Å². The summed E-state index contributed by atoms with van der Waals surface area (Å²) in [6.07, 6.45) is 6.64. The Labute approximate surface area is 217 Å². The molecule has 0 spiro atoms. The summed E-state index contributed by atoms with van der Waals surface area (Å²) in [4.78, 5) is 29.0. The first-order valence-electron chi connectivity index (χ1n) is 12.8. The number of hydrogen-bond donors (Lipinski definition) is 1. The Hall–Kier alpha value is -3.93. The molecule has 0 unspecified atom stereocenters. The van der Waals surface area contributed by atoms with Gasteiger partial charge in [-0.05, 0) is 72.7 Å². The molecule has 0 bridgehead atoms. The van der Waals surface area contributed by atoms with E-state index in [4.69, 9.17) is 4.74 Å². The van der Waals surface area contributed by atoms with Crippen LogP contribution in [0.1, 0.15) is 53.6 Å². The van der Waals surface area contributed by atoms with Gasteiger partial charge in [-0.1, -0.05) is 42.5 Å². The summed E-state index contributed by atoms with van der Waals surface area (Å²) < 4.78 is 19.8. The molecule has 1 aliphatic heterocycles. The molecule has 3 aromatic rings. The van der Waals surface area contributed by atoms with Crippen molar-refractivity contribution >= 4 is 28.6 Å². The normalized spacial score (nSPS) is 17.4. The molecule has 1 N–H and O–H groups in total. The maximum atomic E-state index is 14.2. The van der Waals surface area contributed by atoms with Crippen LogP contribution in [0.5, 0.6) is 5.75 Å². The van der Waals surface area contributed by atoms with Crippen LogP contribution in [0.25, 0.3) is 5.57 Å².